The molecule has 1 spiro atoms. The highest BCUT2D eigenvalue weighted by atomic mass is 79.9. The molecule has 8 nitrogen and oxygen atoms in total. The SMILES string of the molecule is N#Cc1ccc2c(-c3nc(NC4CC5(C4)CN(C(=O)O)C5)ncc3C(F)(F)F)c[nH]c2c1Br. The van der Waals surface area contributed by atoms with E-state index in [0.717, 1.165) is 6.20 Å². The summed E-state index contributed by atoms with van der Waals surface area (Å²) in [6.07, 6.45) is -1.99. The van der Waals surface area contributed by atoms with Crippen molar-refractivity contribution in [2.45, 2.75) is 25.1 Å². The van der Waals surface area contributed by atoms with Gasteiger partial charge in [0, 0.05) is 47.9 Å². The van der Waals surface area contributed by atoms with E-state index in [9.17, 15) is 23.2 Å². The van der Waals surface area contributed by atoms with Crippen LogP contribution in [0, 0.1) is 16.7 Å². The van der Waals surface area contributed by atoms with Crippen LogP contribution in [0.15, 0.2) is 29.0 Å². The summed E-state index contributed by atoms with van der Waals surface area (Å²) in [5, 5.41) is 21.8. The lowest BCUT2D eigenvalue weighted by molar-refractivity contribution is -0.137. The molecule has 170 valence electrons. The van der Waals surface area contributed by atoms with Crippen LogP contribution in [-0.2, 0) is 6.18 Å². The number of hydrogen-bond donors (Lipinski definition) is 3. The van der Waals surface area contributed by atoms with Gasteiger partial charge in [0.15, 0.2) is 0 Å². The van der Waals surface area contributed by atoms with Gasteiger partial charge in [0.2, 0.25) is 5.95 Å². The Kier molecular flexibility index (Phi) is 4.79. The van der Waals surface area contributed by atoms with E-state index in [1.807, 2.05) is 6.07 Å². The van der Waals surface area contributed by atoms with Crippen LogP contribution in [0.2, 0.25) is 0 Å². The fraction of sp³-hybridized carbons (Fsp3) is 0.333. The summed E-state index contributed by atoms with van der Waals surface area (Å²) in [5.41, 5.74) is -0.193. The third-order valence-corrected chi connectivity index (χ3v) is 7.10. The number of nitrogens with zero attached hydrogens (tertiary/aromatic N) is 4. The summed E-state index contributed by atoms with van der Waals surface area (Å²) in [6, 6.07) is 5.10. The highest BCUT2D eigenvalue weighted by Gasteiger charge is 2.54. The van der Waals surface area contributed by atoms with Gasteiger partial charge in [0.05, 0.1) is 21.2 Å². The molecule has 1 saturated carbocycles. The average molecular weight is 521 g/mol. The number of nitrogens with one attached hydrogen (secondary N) is 2. The predicted molar refractivity (Wildman–Crippen MR) is 115 cm³/mol. The van der Waals surface area contributed by atoms with Crippen molar-refractivity contribution in [3.8, 4) is 17.3 Å². The molecule has 1 aromatic carbocycles. The molecule has 0 bridgehead atoms. The molecule has 33 heavy (non-hydrogen) atoms. The van der Waals surface area contributed by atoms with Crippen molar-refractivity contribution in [2.75, 3.05) is 18.4 Å². The number of H-pyrrole nitrogens is 1. The number of anilines is 1. The van der Waals surface area contributed by atoms with Crippen molar-refractivity contribution in [1.82, 2.24) is 19.9 Å². The zero-order valence-electron chi connectivity index (χ0n) is 16.9. The van der Waals surface area contributed by atoms with Crippen molar-refractivity contribution in [3.05, 3.63) is 40.1 Å². The zero-order valence-corrected chi connectivity index (χ0v) is 18.5. The highest BCUT2D eigenvalue weighted by Crippen LogP contribution is 2.49. The smallest absolute Gasteiger partial charge is 0.419 e. The molecule has 1 aliphatic heterocycles. The Morgan fingerprint density at radius 2 is 2.09 bits per heavy atom. The lowest BCUT2D eigenvalue weighted by Crippen LogP contribution is -2.66. The van der Waals surface area contributed by atoms with Crippen LogP contribution in [0.25, 0.3) is 22.2 Å². The van der Waals surface area contributed by atoms with Gasteiger partial charge in [-0.1, -0.05) is 6.07 Å². The van der Waals surface area contributed by atoms with Crippen molar-refractivity contribution in [2.24, 2.45) is 5.41 Å². The lowest BCUT2D eigenvalue weighted by Gasteiger charge is -2.58. The first kappa shape index (κ1) is 21.5. The van der Waals surface area contributed by atoms with E-state index < -0.39 is 17.8 Å². The third kappa shape index (κ3) is 3.56. The van der Waals surface area contributed by atoms with E-state index in [2.05, 4.69) is 36.2 Å². The van der Waals surface area contributed by atoms with Crippen molar-refractivity contribution in [1.29, 1.82) is 5.26 Å². The first-order valence-corrected chi connectivity index (χ1v) is 10.8. The predicted octanol–water partition coefficient (Wildman–Crippen LogP) is 4.83. The van der Waals surface area contributed by atoms with E-state index in [1.165, 1.54) is 17.2 Å². The van der Waals surface area contributed by atoms with Gasteiger partial charge in [0.1, 0.15) is 11.6 Å². The van der Waals surface area contributed by atoms with Gasteiger partial charge in [-0.05, 0) is 34.8 Å². The van der Waals surface area contributed by atoms with Gasteiger partial charge in [-0.15, -0.1) is 0 Å². The van der Waals surface area contributed by atoms with Crippen LogP contribution in [-0.4, -0.2) is 50.2 Å². The summed E-state index contributed by atoms with van der Waals surface area (Å²) in [5.74, 6) is 0.0781. The summed E-state index contributed by atoms with van der Waals surface area (Å²) >= 11 is 3.32. The maximum absolute atomic E-state index is 13.8. The summed E-state index contributed by atoms with van der Waals surface area (Å²) in [7, 11) is 0. The number of likely N-dealkylation sites (tertiary alicyclic amines) is 1. The zero-order chi connectivity index (χ0) is 23.5. The Hall–Kier alpha value is -3.33. The second kappa shape index (κ2) is 7.34. The standard InChI is InChI=1S/C21H16BrF3N6O2/c22-15-10(5-26)1-2-12-13(6-27-17(12)15)16-14(21(23,24)25)7-28-18(30-16)29-11-3-20(4-11)8-31(9-20)19(32)33/h1-2,6-7,11,27H,3-4,8-9H2,(H,32,33)(H,28,29,30). The molecule has 3 aromatic rings. The fourth-order valence-corrected chi connectivity index (χ4v) is 5.29. The molecule has 5 rings (SSSR count). The molecule has 2 fully saturated rings. The molecule has 2 aromatic heterocycles. The van der Waals surface area contributed by atoms with Gasteiger partial charge < -0.3 is 20.3 Å². The molecular formula is C21H16BrF3N6O2. The van der Waals surface area contributed by atoms with E-state index in [-0.39, 0.29) is 28.7 Å². The first-order chi connectivity index (χ1) is 15.6. The van der Waals surface area contributed by atoms with Crippen LogP contribution >= 0.6 is 15.9 Å². The Balaban J connectivity index is 1.45. The second-order valence-electron chi connectivity index (χ2n) is 8.51. The number of rotatable bonds is 3. The molecule has 0 atom stereocenters. The third-order valence-electron chi connectivity index (χ3n) is 6.28. The molecule has 1 saturated heterocycles. The number of carboxylic acid groups (broad SMARTS) is 1. The minimum atomic E-state index is -4.66. The topological polar surface area (TPSA) is 118 Å². The van der Waals surface area contributed by atoms with Gasteiger partial charge in [-0.25, -0.2) is 14.8 Å². The molecule has 0 radical (unpaired) electrons. The molecule has 1 aliphatic carbocycles. The van der Waals surface area contributed by atoms with E-state index in [0.29, 0.717) is 46.9 Å². The van der Waals surface area contributed by atoms with E-state index in [1.54, 1.807) is 6.07 Å². The molecule has 0 unspecified atom stereocenters. The normalized spacial score (nSPS) is 17.5. The molecule has 3 N–H and O–H groups in total. The Morgan fingerprint density at radius 1 is 1.36 bits per heavy atom. The maximum atomic E-state index is 13.8. The van der Waals surface area contributed by atoms with Gasteiger partial charge in [-0.2, -0.15) is 18.4 Å². The van der Waals surface area contributed by atoms with Crippen molar-refractivity contribution >= 4 is 38.9 Å². The van der Waals surface area contributed by atoms with Gasteiger partial charge in [0.25, 0.3) is 0 Å². The molecule has 1 amide bonds. The van der Waals surface area contributed by atoms with Crippen LogP contribution in [0.3, 0.4) is 0 Å². The molecule has 2 aliphatic rings. The largest absolute Gasteiger partial charge is 0.465 e. The monoisotopic (exact) mass is 520 g/mol. The number of hydrogen-bond acceptors (Lipinski definition) is 5. The number of alkyl halides is 3. The van der Waals surface area contributed by atoms with Crippen LogP contribution in [0.5, 0.6) is 0 Å². The number of halogens is 4. The Labute approximate surface area is 193 Å². The highest BCUT2D eigenvalue weighted by molar-refractivity contribution is 9.10. The van der Waals surface area contributed by atoms with Crippen LogP contribution in [0.4, 0.5) is 23.9 Å². The first-order valence-electron chi connectivity index (χ1n) is 9.99. The van der Waals surface area contributed by atoms with Crippen LogP contribution in [0.1, 0.15) is 24.0 Å². The number of aromatic nitrogens is 3. The minimum absolute atomic E-state index is 0.0409. The molecular weight excluding hydrogens is 505 g/mol. The van der Waals surface area contributed by atoms with Crippen molar-refractivity contribution in [3.63, 3.8) is 0 Å². The maximum Gasteiger partial charge on any atom is 0.419 e. The quantitative estimate of drug-likeness (QED) is 0.455. The summed E-state index contributed by atoms with van der Waals surface area (Å²) in [4.78, 5) is 23.3. The van der Waals surface area contributed by atoms with Crippen LogP contribution < -0.4 is 5.32 Å². The second-order valence-corrected chi connectivity index (χ2v) is 9.30. The summed E-state index contributed by atoms with van der Waals surface area (Å²) < 4.78 is 41.7. The number of amides is 1. The number of nitriles is 1. The Bertz CT molecular complexity index is 1320. The van der Waals surface area contributed by atoms with E-state index >= 15 is 0 Å². The number of carbonyl (C=O) groups is 1. The average Bonchev–Trinajstić information content (AvgIpc) is 3.12. The number of aromatic amines is 1. The van der Waals surface area contributed by atoms with Gasteiger partial charge in [-0.3, -0.25) is 0 Å². The Morgan fingerprint density at radius 3 is 2.73 bits per heavy atom. The van der Waals surface area contributed by atoms with Gasteiger partial charge >= 0.3 is 12.3 Å². The number of benzene rings is 1. The van der Waals surface area contributed by atoms with E-state index in [4.69, 9.17) is 5.11 Å². The minimum Gasteiger partial charge on any atom is -0.465 e. The molecule has 12 heteroatoms. The fourth-order valence-electron chi connectivity index (χ4n) is 4.74. The number of fused-ring (bicyclic) bond motifs is 1. The summed E-state index contributed by atoms with van der Waals surface area (Å²) in [6.45, 7) is 0.934. The molecule has 3 heterocycles. The van der Waals surface area contributed by atoms with Crippen molar-refractivity contribution < 1.29 is 23.1 Å². The lowest BCUT2D eigenvalue weighted by atomic mass is 9.61.